The number of hydrogen-bond donors (Lipinski definition) is 1. The zero-order valence-corrected chi connectivity index (χ0v) is 14.2. The van der Waals surface area contributed by atoms with Crippen molar-refractivity contribution in [3.63, 3.8) is 0 Å². The average molecular weight is 357 g/mol. The summed E-state index contributed by atoms with van der Waals surface area (Å²) in [6.07, 6.45) is 0. The fourth-order valence-corrected chi connectivity index (χ4v) is 4.03. The highest BCUT2D eigenvalue weighted by Crippen LogP contribution is 2.21. The van der Waals surface area contributed by atoms with E-state index in [4.69, 9.17) is 0 Å². The highest BCUT2D eigenvalue weighted by atomic mass is 32.2. The maximum absolute atomic E-state index is 13.7. The number of sulfone groups is 1. The second-order valence-electron chi connectivity index (χ2n) is 4.97. The number of anilines is 1. The molecule has 2 aromatic carbocycles. The van der Waals surface area contributed by atoms with Crippen molar-refractivity contribution in [3.8, 4) is 0 Å². The number of benzene rings is 2. The molecule has 0 unspecified atom stereocenters. The first kappa shape index (κ1) is 17.4. The highest BCUT2D eigenvalue weighted by Gasteiger charge is 2.20. The predicted octanol–water partition coefficient (Wildman–Crippen LogP) is 2.73. The molecular formula is C15H16FNO4S2. The quantitative estimate of drug-likeness (QED) is 0.892. The van der Waals surface area contributed by atoms with Gasteiger partial charge in [0.1, 0.15) is 10.7 Å². The van der Waals surface area contributed by atoms with Crippen molar-refractivity contribution >= 4 is 25.5 Å². The van der Waals surface area contributed by atoms with E-state index in [-0.39, 0.29) is 16.3 Å². The Morgan fingerprint density at radius 3 is 2.17 bits per heavy atom. The van der Waals surface area contributed by atoms with Gasteiger partial charge in [0, 0.05) is 5.69 Å². The first-order chi connectivity index (χ1) is 10.7. The summed E-state index contributed by atoms with van der Waals surface area (Å²) in [6, 6.07) is 9.06. The standard InChI is InChI=1S/C15H16FNO4S2/c1-3-22(18,19)13-7-5-12(6-8-13)17-23(20,21)15-10-11(2)4-9-14(15)16/h4-10,17H,3H2,1-2H3. The van der Waals surface area contributed by atoms with E-state index in [0.29, 0.717) is 5.56 Å². The molecule has 0 radical (unpaired) electrons. The Balaban J connectivity index is 2.33. The Hall–Kier alpha value is -1.93. The van der Waals surface area contributed by atoms with E-state index in [1.807, 2.05) is 0 Å². The van der Waals surface area contributed by atoms with Crippen LogP contribution in [-0.4, -0.2) is 22.6 Å². The lowest BCUT2D eigenvalue weighted by molar-refractivity contribution is 0.569. The van der Waals surface area contributed by atoms with Crippen molar-refractivity contribution in [2.45, 2.75) is 23.6 Å². The molecule has 1 N–H and O–H groups in total. The van der Waals surface area contributed by atoms with Gasteiger partial charge in [0.05, 0.1) is 10.6 Å². The molecule has 8 heteroatoms. The second-order valence-corrected chi connectivity index (χ2v) is 8.90. The molecule has 0 atom stereocenters. The van der Waals surface area contributed by atoms with Gasteiger partial charge in [0.15, 0.2) is 9.84 Å². The summed E-state index contributed by atoms with van der Waals surface area (Å²) in [4.78, 5) is -0.354. The van der Waals surface area contributed by atoms with Crippen LogP contribution in [0.3, 0.4) is 0 Å². The average Bonchev–Trinajstić information content (AvgIpc) is 2.49. The first-order valence-electron chi connectivity index (χ1n) is 6.77. The van der Waals surface area contributed by atoms with Crippen LogP contribution in [0.4, 0.5) is 10.1 Å². The van der Waals surface area contributed by atoms with Crippen molar-refractivity contribution in [2.24, 2.45) is 0 Å². The van der Waals surface area contributed by atoms with Gasteiger partial charge >= 0.3 is 0 Å². The van der Waals surface area contributed by atoms with Crippen LogP contribution in [0.5, 0.6) is 0 Å². The fourth-order valence-electron chi connectivity index (χ4n) is 1.92. The summed E-state index contributed by atoms with van der Waals surface area (Å²) in [7, 11) is -7.46. The minimum atomic E-state index is -4.09. The minimum Gasteiger partial charge on any atom is -0.280 e. The van der Waals surface area contributed by atoms with Crippen LogP contribution in [0.2, 0.25) is 0 Å². The fraction of sp³-hybridized carbons (Fsp3) is 0.200. The summed E-state index contributed by atoms with van der Waals surface area (Å²) in [5.41, 5.74) is 0.761. The summed E-state index contributed by atoms with van der Waals surface area (Å²) < 4.78 is 63.9. The van der Waals surface area contributed by atoms with Crippen molar-refractivity contribution in [1.82, 2.24) is 0 Å². The van der Waals surface area contributed by atoms with Crippen LogP contribution in [0.15, 0.2) is 52.3 Å². The zero-order valence-electron chi connectivity index (χ0n) is 12.6. The molecule has 0 aliphatic rings. The lowest BCUT2D eigenvalue weighted by Crippen LogP contribution is -2.15. The van der Waals surface area contributed by atoms with E-state index in [2.05, 4.69) is 4.72 Å². The first-order valence-corrected chi connectivity index (χ1v) is 9.91. The highest BCUT2D eigenvalue weighted by molar-refractivity contribution is 7.92. The monoisotopic (exact) mass is 357 g/mol. The van der Waals surface area contributed by atoms with E-state index in [0.717, 1.165) is 6.07 Å². The van der Waals surface area contributed by atoms with Crippen molar-refractivity contribution in [1.29, 1.82) is 0 Å². The Morgan fingerprint density at radius 1 is 1.00 bits per heavy atom. The van der Waals surface area contributed by atoms with E-state index in [9.17, 15) is 21.2 Å². The third-order valence-electron chi connectivity index (χ3n) is 3.22. The molecule has 0 amide bonds. The molecule has 0 aliphatic carbocycles. The summed E-state index contributed by atoms with van der Waals surface area (Å²) in [5.74, 6) is -0.902. The third kappa shape index (κ3) is 3.89. The lowest BCUT2D eigenvalue weighted by atomic mass is 10.2. The molecule has 0 saturated carbocycles. The normalized spacial score (nSPS) is 12.1. The molecule has 23 heavy (non-hydrogen) atoms. The molecule has 0 heterocycles. The van der Waals surface area contributed by atoms with Gasteiger partial charge in [-0.15, -0.1) is 0 Å². The second kappa shape index (κ2) is 6.29. The van der Waals surface area contributed by atoms with E-state index >= 15 is 0 Å². The smallest absolute Gasteiger partial charge is 0.264 e. The van der Waals surface area contributed by atoms with Crippen LogP contribution in [0.25, 0.3) is 0 Å². The summed E-state index contributed by atoms with van der Waals surface area (Å²) in [6.45, 7) is 3.18. The number of aryl methyl sites for hydroxylation is 1. The number of sulfonamides is 1. The summed E-state index contributed by atoms with van der Waals surface area (Å²) in [5, 5.41) is 0. The van der Waals surface area contributed by atoms with Crippen LogP contribution in [0, 0.1) is 12.7 Å². The summed E-state index contributed by atoms with van der Waals surface area (Å²) >= 11 is 0. The number of hydrogen-bond acceptors (Lipinski definition) is 4. The molecule has 0 spiro atoms. The van der Waals surface area contributed by atoms with Crippen molar-refractivity contribution in [3.05, 3.63) is 53.8 Å². The molecule has 5 nitrogen and oxygen atoms in total. The lowest BCUT2D eigenvalue weighted by Gasteiger charge is -2.10. The van der Waals surface area contributed by atoms with Crippen LogP contribution >= 0.6 is 0 Å². The van der Waals surface area contributed by atoms with Crippen LogP contribution in [0.1, 0.15) is 12.5 Å². The van der Waals surface area contributed by atoms with Crippen molar-refractivity contribution in [2.75, 3.05) is 10.5 Å². The maximum Gasteiger partial charge on any atom is 0.264 e. The van der Waals surface area contributed by atoms with Gasteiger partial charge in [-0.25, -0.2) is 21.2 Å². The number of halogens is 1. The molecule has 0 aliphatic heterocycles. The maximum atomic E-state index is 13.7. The minimum absolute atomic E-state index is 0.0490. The van der Waals surface area contributed by atoms with E-state index < -0.39 is 30.6 Å². The predicted molar refractivity (Wildman–Crippen MR) is 86.1 cm³/mol. The molecule has 124 valence electrons. The Morgan fingerprint density at radius 2 is 1.61 bits per heavy atom. The van der Waals surface area contributed by atoms with Crippen LogP contribution in [-0.2, 0) is 19.9 Å². The molecular weight excluding hydrogens is 341 g/mol. The number of nitrogens with one attached hydrogen (secondary N) is 1. The van der Waals surface area contributed by atoms with Gasteiger partial charge in [0.25, 0.3) is 10.0 Å². The van der Waals surface area contributed by atoms with Gasteiger partial charge in [-0.2, -0.15) is 0 Å². The van der Waals surface area contributed by atoms with Gasteiger partial charge < -0.3 is 0 Å². The van der Waals surface area contributed by atoms with Gasteiger partial charge in [0.2, 0.25) is 0 Å². The zero-order chi connectivity index (χ0) is 17.3. The van der Waals surface area contributed by atoms with E-state index in [1.54, 1.807) is 6.92 Å². The molecule has 0 aromatic heterocycles. The van der Waals surface area contributed by atoms with Crippen molar-refractivity contribution < 1.29 is 21.2 Å². The van der Waals surface area contributed by atoms with Crippen LogP contribution < -0.4 is 4.72 Å². The van der Waals surface area contributed by atoms with Gasteiger partial charge in [-0.1, -0.05) is 13.0 Å². The molecule has 2 rings (SSSR count). The molecule has 0 saturated heterocycles. The number of rotatable bonds is 5. The third-order valence-corrected chi connectivity index (χ3v) is 6.37. The van der Waals surface area contributed by atoms with E-state index in [1.165, 1.54) is 43.3 Å². The Bertz CT molecular complexity index is 920. The molecule has 2 aromatic rings. The largest absolute Gasteiger partial charge is 0.280 e. The molecule has 0 fully saturated rings. The topological polar surface area (TPSA) is 80.3 Å². The Labute approximate surface area is 135 Å². The molecule has 0 bridgehead atoms. The Kier molecular flexibility index (Phi) is 4.76. The van der Waals surface area contributed by atoms with Gasteiger partial charge in [-0.05, 0) is 48.9 Å². The SMILES string of the molecule is CCS(=O)(=O)c1ccc(NS(=O)(=O)c2cc(C)ccc2F)cc1. The van der Waals surface area contributed by atoms with Gasteiger partial charge in [-0.3, -0.25) is 4.72 Å².